The van der Waals surface area contributed by atoms with Gasteiger partial charge in [-0.2, -0.15) is 8.78 Å². The standard InChI is InChI=1S/C25H16F5NO5/c1-11(35-24-22(29)20(27)19(26)21(28)23(24)30)25(33)31-13-5-8-17-15(9-13)16(32)10-18(36-17)12-3-6-14(34-2)7-4-12/h3-11H,1-2H3,(H,31,33). The van der Waals surface area contributed by atoms with Crippen molar-refractivity contribution >= 4 is 22.6 Å². The second-order valence-corrected chi connectivity index (χ2v) is 7.56. The van der Waals surface area contributed by atoms with Crippen LogP contribution >= 0.6 is 0 Å². The molecular weight excluding hydrogens is 489 g/mol. The first kappa shape index (κ1) is 24.7. The minimum absolute atomic E-state index is 0.102. The number of carbonyl (C=O) groups excluding carboxylic acids is 1. The molecular formula is C25H16F5NO5. The third kappa shape index (κ3) is 4.59. The summed E-state index contributed by atoms with van der Waals surface area (Å²) in [6, 6.07) is 12.2. The van der Waals surface area contributed by atoms with E-state index in [-0.39, 0.29) is 16.7 Å². The lowest BCUT2D eigenvalue weighted by Gasteiger charge is -2.16. The summed E-state index contributed by atoms with van der Waals surface area (Å²) >= 11 is 0. The van der Waals surface area contributed by atoms with Gasteiger partial charge < -0.3 is 19.2 Å². The van der Waals surface area contributed by atoms with Gasteiger partial charge in [0.1, 0.15) is 17.1 Å². The van der Waals surface area contributed by atoms with Crippen molar-refractivity contribution < 1.29 is 40.6 Å². The van der Waals surface area contributed by atoms with Crippen molar-refractivity contribution in [1.29, 1.82) is 0 Å². The van der Waals surface area contributed by atoms with Crippen molar-refractivity contribution in [2.24, 2.45) is 0 Å². The first-order valence-corrected chi connectivity index (χ1v) is 10.3. The van der Waals surface area contributed by atoms with Crippen LogP contribution in [0.3, 0.4) is 0 Å². The van der Waals surface area contributed by atoms with Crippen LogP contribution < -0.4 is 20.2 Å². The van der Waals surface area contributed by atoms with Crippen LogP contribution in [0.4, 0.5) is 27.6 Å². The SMILES string of the molecule is COc1ccc(-c2cc(=O)c3cc(NC(=O)C(C)Oc4c(F)c(F)c(F)c(F)c4F)ccc3o2)cc1. The van der Waals surface area contributed by atoms with Gasteiger partial charge in [0, 0.05) is 17.3 Å². The molecule has 0 saturated carbocycles. The second kappa shape index (κ2) is 9.68. The van der Waals surface area contributed by atoms with E-state index in [0.29, 0.717) is 17.1 Å². The zero-order valence-corrected chi connectivity index (χ0v) is 18.6. The van der Waals surface area contributed by atoms with Gasteiger partial charge in [-0.1, -0.05) is 0 Å². The van der Waals surface area contributed by atoms with Crippen LogP contribution in [0.15, 0.2) is 57.7 Å². The lowest BCUT2D eigenvalue weighted by atomic mass is 10.1. The summed E-state index contributed by atoms with van der Waals surface area (Å²) in [5.74, 6) is -12.8. The second-order valence-electron chi connectivity index (χ2n) is 7.56. The number of benzene rings is 3. The maximum absolute atomic E-state index is 13.8. The molecule has 0 spiro atoms. The molecule has 0 aliphatic heterocycles. The number of ether oxygens (including phenoxy) is 2. The Morgan fingerprint density at radius 3 is 2.11 bits per heavy atom. The third-order valence-electron chi connectivity index (χ3n) is 5.20. The van der Waals surface area contributed by atoms with Gasteiger partial charge >= 0.3 is 0 Å². The molecule has 4 aromatic rings. The van der Waals surface area contributed by atoms with Crippen LogP contribution in [0, 0.1) is 29.1 Å². The average Bonchev–Trinajstić information content (AvgIpc) is 2.89. The third-order valence-corrected chi connectivity index (χ3v) is 5.20. The highest BCUT2D eigenvalue weighted by molar-refractivity contribution is 5.96. The highest BCUT2D eigenvalue weighted by atomic mass is 19.2. The van der Waals surface area contributed by atoms with Crippen molar-refractivity contribution in [3.8, 4) is 22.8 Å². The predicted octanol–water partition coefficient (Wildman–Crippen LogP) is 5.57. The van der Waals surface area contributed by atoms with Crippen LogP contribution in [0.25, 0.3) is 22.3 Å². The molecule has 1 N–H and O–H groups in total. The Bertz CT molecular complexity index is 1510. The van der Waals surface area contributed by atoms with Crippen molar-refractivity contribution in [2.45, 2.75) is 13.0 Å². The smallest absolute Gasteiger partial charge is 0.265 e. The summed E-state index contributed by atoms with van der Waals surface area (Å²) in [6.45, 7) is 1.05. The molecule has 0 radical (unpaired) electrons. The summed E-state index contributed by atoms with van der Waals surface area (Å²) < 4.78 is 83.2. The lowest BCUT2D eigenvalue weighted by Crippen LogP contribution is -2.31. The molecule has 1 atom stereocenters. The zero-order chi connectivity index (χ0) is 26.1. The van der Waals surface area contributed by atoms with Gasteiger partial charge in [-0.3, -0.25) is 9.59 Å². The van der Waals surface area contributed by atoms with Crippen LogP contribution in [-0.4, -0.2) is 19.1 Å². The molecule has 0 fully saturated rings. The molecule has 36 heavy (non-hydrogen) atoms. The van der Waals surface area contributed by atoms with E-state index >= 15 is 0 Å². The van der Waals surface area contributed by atoms with Crippen molar-refractivity contribution in [3.05, 3.63) is 87.8 Å². The largest absolute Gasteiger partial charge is 0.497 e. The first-order chi connectivity index (χ1) is 17.1. The van der Waals surface area contributed by atoms with E-state index < -0.39 is 52.3 Å². The molecule has 1 unspecified atom stereocenters. The minimum Gasteiger partial charge on any atom is -0.497 e. The number of hydrogen-bond acceptors (Lipinski definition) is 5. The molecule has 0 bridgehead atoms. The Morgan fingerprint density at radius 1 is 0.889 bits per heavy atom. The average molecular weight is 505 g/mol. The molecule has 11 heteroatoms. The summed E-state index contributed by atoms with van der Waals surface area (Å²) in [6.07, 6.45) is -1.66. The van der Waals surface area contributed by atoms with Gasteiger partial charge in [-0.25, -0.2) is 13.2 Å². The highest BCUT2D eigenvalue weighted by Crippen LogP contribution is 2.30. The summed E-state index contributed by atoms with van der Waals surface area (Å²) in [5.41, 5.74) is 0.539. The molecule has 4 rings (SSSR count). The Hall–Kier alpha value is -4.41. The van der Waals surface area contributed by atoms with E-state index in [1.54, 1.807) is 24.3 Å². The van der Waals surface area contributed by atoms with Crippen molar-refractivity contribution in [3.63, 3.8) is 0 Å². The van der Waals surface area contributed by atoms with E-state index in [2.05, 4.69) is 5.32 Å². The lowest BCUT2D eigenvalue weighted by molar-refractivity contribution is -0.122. The summed E-state index contributed by atoms with van der Waals surface area (Å²) in [5, 5.41) is 2.48. The molecule has 1 amide bonds. The maximum Gasteiger partial charge on any atom is 0.265 e. The van der Waals surface area contributed by atoms with E-state index in [1.165, 1.54) is 31.4 Å². The summed E-state index contributed by atoms with van der Waals surface area (Å²) in [7, 11) is 1.52. The van der Waals surface area contributed by atoms with E-state index in [9.17, 15) is 31.5 Å². The number of halogens is 5. The predicted molar refractivity (Wildman–Crippen MR) is 119 cm³/mol. The normalized spacial score (nSPS) is 11.9. The number of methoxy groups -OCH3 is 1. The molecule has 1 aromatic heterocycles. The molecule has 1 heterocycles. The number of hydrogen-bond donors (Lipinski definition) is 1. The van der Waals surface area contributed by atoms with Crippen LogP contribution in [-0.2, 0) is 4.79 Å². The topological polar surface area (TPSA) is 77.8 Å². The fraction of sp³-hybridized carbons (Fsp3) is 0.120. The maximum atomic E-state index is 13.8. The van der Waals surface area contributed by atoms with Gasteiger partial charge in [0.15, 0.2) is 17.3 Å². The van der Waals surface area contributed by atoms with Gasteiger partial charge in [0.2, 0.25) is 29.1 Å². The molecule has 0 saturated heterocycles. The number of carbonyl (C=O) groups is 1. The molecule has 0 aliphatic rings. The Kier molecular flexibility index (Phi) is 6.65. The number of rotatable bonds is 6. The molecule has 186 valence electrons. The minimum atomic E-state index is -2.35. The zero-order valence-electron chi connectivity index (χ0n) is 18.6. The van der Waals surface area contributed by atoms with E-state index in [1.807, 2.05) is 0 Å². The Labute approximate surface area is 199 Å². The number of amides is 1. The van der Waals surface area contributed by atoms with Crippen LogP contribution in [0.2, 0.25) is 0 Å². The fourth-order valence-corrected chi connectivity index (χ4v) is 3.29. The summed E-state index contributed by atoms with van der Waals surface area (Å²) in [4.78, 5) is 25.1. The van der Waals surface area contributed by atoms with Crippen molar-refractivity contribution in [1.82, 2.24) is 0 Å². The quantitative estimate of drug-likeness (QED) is 0.211. The Morgan fingerprint density at radius 2 is 1.50 bits per heavy atom. The van der Waals surface area contributed by atoms with Gasteiger partial charge in [-0.05, 0) is 49.4 Å². The molecule has 0 aliphatic carbocycles. The number of nitrogens with one attached hydrogen (secondary N) is 1. The Balaban J connectivity index is 1.55. The van der Waals surface area contributed by atoms with Gasteiger partial charge in [0.05, 0.1) is 12.5 Å². The fourth-order valence-electron chi connectivity index (χ4n) is 3.29. The number of anilines is 1. The van der Waals surface area contributed by atoms with Crippen molar-refractivity contribution in [2.75, 3.05) is 12.4 Å². The molecule has 3 aromatic carbocycles. The first-order valence-electron chi connectivity index (χ1n) is 10.3. The number of fused-ring (bicyclic) bond motifs is 1. The highest BCUT2D eigenvalue weighted by Gasteiger charge is 2.29. The molecule has 6 nitrogen and oxygen atoms in total. The van der Waals surface area contributed by atoms with Gasteiger partial charge in [0.25, 0.3) is 5.91 Å². The van der Waals surface area contributed by atoms with Crippen LogP contribution in [0.5, 0.6) is 11.5 Å². The van der Waals surface area contributed by atoms with E-state index in [0.717, 1.165) is 6.92 Å². The monoisotopic (exact) mass is 505 g/mol. The van der Waals surface area contributed by atoms with E-state index in [4.69, 9.17) is 13.9 Å². The van der Waals surface area contributed by atoms with Gasteiger partial charge in [-0.15, -0.1) is 0 Å². The van der Waals surface area contributed by atoms with Crippen LogP contribution in [0.1, 0.15) is 6.92 Å².